The molecule has 0 spiro atoms. The zero-order chi connectivity index (χ0) is 13.8. The highest BCUT2D eigenvalue weighted by Crippen LogP contribution is 2.32. The van der Waals surface area contributed by atoms with Crippen LogP contribution in [0.1, 0.15) is 75.5 Å². The summed E-state index contributed by atoms with van der Waals surface area (Å²) in [7, 11) is 0. The third-order valence-corrected chi connectivity index (χ3v) is 5.15. The first-order valence-electron chi connectivity index (χ1n) is 8.78. The molecule has 1 atom stereocenters. The molecule has 1 N–H and O–H groups in total. The molecular weight excluding hydrogens is 244 g/mol. The average molecular weight is 274 g/mol. The molecule has 1 aromatic heterocycles. The molecule has 0 aliphatic heterocycles. The van der Waals surface area contributed by atoms with Crippen LogP contribution in [0.4, 0.5) is 0 Å². The third-order valence-electron chi connectivity index (χ3n) is 5.15. The lowest BCUT2D eigenvalue weighted by Crippen LogP contribution is -2.25. The van der Waals surface area contributed by atoms with Crippen molar-refractivity contribution in [3.05, 3.63) is 23.5 Å². The first kappa shape index (κ1) is 14.2. The fraction of sp³-hybridized carbons (Fsp3) is 0.778. The Bertz CT molecular complexity index is 415. The first-order valence-corrected chi connectivity index (χ1v) is 8.78. The zero-order valence-corrected chi connectivity index (χ0v) is 13.0. The van der Waals surface area contributed by atoms with Crippen LogP contribution in [0.2, 0.25) is 0 Å². The number of aryl methyl sites for hydroxylation is 1. The fourth-order valence-electron chi connectivity index (χ4n) is 4.05. The average Bonchev–Trinajstić information content (AvgIpc) is 2.89. The van der Waals surface area contributed by atoms with Crippen molar-refractivity contribution in [1.82, 2.24) is 9.88 Å². The van der Waals surface area contributed by atoms with E-state index in [0.717, 1.165) is 12.5 Å². The fourth-order valence-corrected chi connectivity index (χ4v) is 4.05. The molecule has 0 amide bonds. The van der Waals surface area contributed by atoms with Crippen molar-refractivity contribution in [3.63, 3.8) is 0 Å². The Labute approximate surface area is 123 Å². The SMILES string of the molecule is CCCNC1CCCc2cn(CC3CCCCC3)cc21. The largest absolute Gasteiger partial charge is 0.353 e. The molecule has 0 aromatic carbocycles. The molecule has 112 valence electrons. The van der Waals surface area contributed by atoms with Crippen LogP contribution in [-0.2, 0) is 13.0 Å². The van der Waals surface area contributed by atoms with Crippen LogP contribution in [0.25, 0.3) is 0 Å². The minimum absolute atomic E-state index is 0.617. The Morgan fingerprint density at radius 2 is 1.95 bits per heavy atom. The number of fused-ring (bicyclic) bond motifs is 1. The van der Waals surface area contributed by atoms with Gasteiger partial charge in [-0.15, -0.1) is 0 Å². The Kier molecular flexibility index (Phi) is 4.82. The van der Waals surface area contributed by atoms with Crippen molar-refractivity contribution in [3.8, 4) is 0 Å². The van der Waals surface area contributed by atoms with Crippen LogP contribution in [0.15, 0.2) is 12.4 Å². The minimum atomic E-state index is 0.617. The smallest absolute Gasteiger partial charge is 0.0338 e. The van der Waals surface area contributed by atoms with E-state index in [1.807, 2.05) is 0 Å². The molecule has 1 aromatic rings. The van der Waals surface area contributed by atoms with Crippen LogP contribution in [0, 0.1) is 5.92 Å². The molecule has 3 rings (SSSR count). The lowest BCUT2D eigenvalue weighted by molar-refractivity contribution is 0.319. The quantitative estimate of drug-likeness (QED) is 0.839. The van der Waals surface area contributed by atoms with Crippen molar-refractivity contribution >= 4 is 0 Å². The molecule has 1 saturated carbocycles. The van der Waals surface area contributed by atoms with Gasteiger partial charge < -0.3 is 9.88 Å². The molecular formula is C18H30N2. The van der Waals surface area contributed by atoms with Gasteiger partial charge in [0.2, 0.25) is 0 Å². The molecule has 2 nitrogen and oxygen atoms in total. The summed E-state index contributed by atoms with van der Waals surface area (Å²) in [5.74, 6) is 0.930. The molecule has 1 heterocycles. The molecule has 2 aliphatic rings. The van der Waals surface area contributed by atoms with Gasteiger partial charge in [0.25, 0.3) is 0 Å². The maximum absolute atomic E-state index is 3.73. The summed E-state index contributed by atoms with van der Waals surface area (Å²) in [4.78, 5) is 0. The molecule has 2 heteroatoms. The third kappa shape index (κ3) is 3.28. The van der Waals surface area contributed by atoms with Crippen molar-refractivity contribution < 1.29 is 0 Å². The molecule has 20 heavy (non-hydrogen) atoms. The Morgan fingerprint density at radius 1 is 1.10 bits per heavy atom. The van der Waals surface area contributed by atoms with Gasteiger partial charge in [-0.25, -0.2) is 0 Å². The van der Waals surface area contributed by atoms with E-state index in [1.54, 1.807) is 11.1 Å². The summed E-state index contributed by atoms with van der Waals surface area (Å²) < 4.78 is 2.51. The van der Waals surface area contributed by atoms with Crippen LogP contribution in [0.3, 0.4) is 0 Å². The monoisotopic (exact) mass is 274 g/mol. The second-order valence-corrected chi connectivity index (χ2v) is 6.84. The summed E-state index contributed by atoms with van der Waals surface area (Å²) in [5, 5.41) is 3.73. The van der Waals surface area contributed by atoms with Gasteiger partial charge in [0, 0.05) is 25.0 Å². The molecule has 0 bridgehead atoms. The number of rotatable bonds is 5. The lowest BCUT2D eigenvalue weighted by atomic mass is 9.89. The van der Waals surface area contributed by atoms with E-state index in [4.69, 9.17) is 0 Å². The molecule has 0 radical (unpaired) electrons. The second kappa shape index (κ2) is 6.80. The van der Waals surface area contributed by atoms with Crippen LogP contribution >= 0.6 is 0 Å². The Balaban J connectivity index is 1.66. The maximum atomic E-state index is 3.73. The predicted octanol–water partition coefficient (Wildman–Crippen LogP) is 4.45. The number of nitrogens with one attached hydrogen (secondary N) is 1. The van der Waals surface area contributed by atoms with E-state index in [-0.39, 0.29) is 0 Å². The van der Waals surface area contributed by atoms with Gasteiger partial charge in [0.15, 0.2) is 0 Å². The topological polar surface area (TPSA) is 17.0 Å². The molecule has 1 fully saturated rings. The number of hydrogen-bond acceptors (Lipinski definition) is 1. The highest BCUT2D eigenvalue weighted by Gasteiger charge is 2.22. The van der Waals surface area contributed by atoms with Gasteiger partial charge in [-0.2, -0.15) is 0 Å². The van der Waals surface area contributed by atoms with Gasteiger partial charge in [0.05, 0.1) is 0 Å². The van der Waals surface area contributed by atoms with E-state index in [2.05, 4.69) is 29.2 Å². The summed E-state index contributed by atoms with van der Waals surface area (Å²) in [6.07, 6.45) is 17.3. The second-order valence-electron chi connectivity index (χ2n) is 6.84. The summed E-state index contributed by atoms with van der Waals surface area (Å²) in [6, 6.07) is 0.617. The van der Waals surface area contributed by atoms with Crippen LogP contribution in [0.5, 0.6) is 0 Å². The Hall–Kier alpha value is -0.760. The summed E-state index contributed by atoms with van der Waals surface area (Å²) in [5.41, 5.74) is 3.21. The molecule has 2 aliphatic carbocycles. The highest BCUT2D eigenvalue weighted by molar-refractivity contribution is 5.30. The van der Waals surface area contributed by atoms with E-state index in [1.165, 1.54) is 64.3 Å². The van der Waals surface area contributed by atoms with Crippen molar-refractivity contribution in [2.75, 3.05) is 6.54 Å². The van der Waals surface area contributed by atoms with Gasteiger partial charge in [-0.05, 0) is 62.1 Å². The van der Waals surface area contributed by atoms with Gasteiger partial charge in [0.1, 0.15) is 0 Å². The van der Waals surface area contributed by atoms with Crippen molar-refractivity contribution in [1.29, 1.82) is 0 Å². The van der Waals surface area contributed by atoms with Gasteiger partial charge >= 0.3 is 0 Å². The minimum Gasteiger partial charge on any atom is -0.353 e. The zero-order valence-electron chi connectivity index (χ0n) is 13.0. The first-order chi connectivity index (χ1) is 9.86. The van der Waals surface area contributed by atoms with Crippen LogP contribution in [-0.4, -0.2) is 11.1 Å². The number of aromatic nitrogens is 1. The Morgan fingerprint density at radius 3 is 2.75 bits per heavy atom. The van der Waals surface area contributed by atoms with E-state index < -0.39 is 0 Å². The normalized spacial score (nSPS) is 23.8. The highest BCUT2D eigenvalue weighted by atomic mass is 15.0. The van der Waals surface area contributed by atoms with Gasteiger partial charge in [-0.3, -0.25) is 0 Å². The number of nitrogens with zero attached hydrogens (tertiary/aromatic N) is 1. The summed E-state index contributed by atoms with van der Waals surface area (Å²) in [6.45, 7) is 4.66. The maximum Gasteiger partial charge on any atom is 0.0338 e. The van der Waals surface area contributed by atoms with Crippen molar-refractivity contribution in [2.45, 2.75) is 77.3 Å². The van der Waals surface area contributed by atoms with Crippen LogP contribution < -0.4 is 5.32 Å². The predicted molar refractivity (Wildman–Crippen MR) is 85.0 cm³/mol. The summed E-state index contributed by atoms with van der Waals surface area (Å²) >= 11 is 0. The lowest BCUT2D eigenvalue weighted by Gasteiger charge is -2.23. The number of hydrogen-bond donors (Lipinski definition) is 1. The van der Waals surface area contributed by atoms with Crippen molar-refractivity contribution in [2.24, 2.45) is 5.92 Å². The standard InChI is InChI=1S/C18H30N2/c1-2-11-19-18-10-6-9-16-13-20(14-17(16)18)12-15-7-4-3-5-8-15/h13-15,18-19H,2-12H2,1H3. The van der Waals surface area contributed by atoms with E-state index >= 15 is 0 Å². The molecule has 1 unspecified atom stereocenters. The van der Waals surface area contributed by atoms with Gasteiger partial charge in [-0.1, -0.05) is 26.2 Å². The van der Waals surface area contributed by atoms with E-state index in [0.29, 0.717) is 6.04 Å². The van der Waals surface area contributed by atoms with E-state index in [9.17, 15) is 0 Å². The molecule has 0 saturated heterocycles.